The van der Waals surface area contributed by atoms with Crippen molar-refractivity contribution in [1.82, 2.24) is 14.8 Å². The largest absolute Gasteiger partial charge is 0.460 e. The minimum Gasteiger partial charge on any atom is -0.460 e. The van der Waals surface area contributed by atoms with Crippen molar-refractivity contribution in [1.29, 1.82) is 0 Å². The predicted molar refractivity (Wildman–Crippen MR) is 85.9 cm³/mol. The Hall–Kier alpha value is -2.24. The molecule has 1 aromatic carbocycles. The lowest BCUT2D eigenvalue weighted by Gasteiger charge is -2.16. The summed E-state index contributed by atoms with van der Waals surface area (Å²) < 4.78 is 20.7. The second-order valence-electron chi connectivity index (χ2n) is 6.91. The standard InChI is InChI=1S/C17H22FN3O2/c1-11(2)23-16-19-15(12-8-6-7-9-13(12)18)21(20-16)14(22)10-17(3,4)5/h6-9,11H,10H2,1-5H3. The summed E-state index contributed by atoms with van der Waals surface area (Å²) in [6, 6.07) is 6.24. The lowest BCUT2D eigenvalue weighted by molar-refractivity contribution is 0.0838. The van der Waals surface area contributed by atoms with Crippen LogP contribution in [0.5, 0.6) is 6.01 Å². The Morgan fingerprint density at radius 1 is 1.30 bits per heavy atom. The number of carbonyl (C=O) groups excluding carboxylic acids is 1. The van der Waals surface area contributed by atoms with E-state index in [4.69, 9.17) is 4.74 Å². The molecular weight excluding hydrogens is 297 g/mol. The number of nitrogens with zero attached hydrogens (tertiary/aromatic N) is 3. The molecule has 0 N–H and O–H groups in total. The second-order valence-corrected chi connectivity index (χ2v) is 6.91. The van der Waals surface area contributed by atoms with Crippen molar-refractivity contribution in [2.45, 2.75) is 47.1 Å². The molecule has 0 atom stereocenters. The average Bonchev–Trinajstić information content (AvgIpc) is 2.80. The first-order valence-corrected chi connectivity index (χ1v) is 7.59. The van der Waals surface area contributed by atoms with Gasteiger partial charge < -0.3 is 4.74 Å². The summed E-state index contributed by atoms with van der Waals surface area (Å²) in [7, 11) is 0. The molecule has 2 rings (SSSR count). The van der Waals surface area contributed by atoms with Crippen LogP contribution in [0, 0.1) is 11.2 Å². The summed E-state index contributed by atoms with van der Waals surface area (Å²) in [6.45, 7) is 9.53. The molecule has 0 aliphatic rings. The van der Waals surface area contributed by atoms with Gasteiger partial charge in [0.05, 0.1) is 11.7 Å². The van der Waals surface area contributed by atoms with E-state index in [9.17, 15) is 9.18 Å². The van der Waals surface area contributed by atoms with Gasteiger partial charge in [0.25, 0.3) is 0 Å². The summed E-state index contributed by atoms with van der Waals surface area (Å²) in [5, 5.41) is 4.12. The highest BCUT2D eigenvalue weighted by atomic mass is 19.1. The molecular formula is C17H22FN3O2. The van der Waals surface area contributed by atoms with Gasteiger partial charge in [-0.2, -0.15) is 9.67 Å². The van der Waals surface area contributed by atoms with Gasteiger partial charge in [0.15, 0.2) is 5.82 Å². The summed E-state index contributed by atoms with van der Waals surface area (Å²) >= 11 is 0. The first-order chi connectivity index (χ1) is 10.7. The number of hydrogen-bond acceptors (Lipinski definition) is 4. The zero-order valence-corrected chi connectivity index (χ0v) is 14.1. The minimum atomic E-state index is -0.458. The van der Waals surface area contributed by atoms with E-state index >= 15 is 0 Å². The highest BCUT2D eigenvalue weighted by Crippen LogP contribution is 2.26. The van der Waals surface area contributed by atoms with E-state index in [2.05, 4.69) is 10.1 Å². The van der Waals surface area contributed by atoms with Crippen LogP contribution in [0.1, 0.15) is 45.8 Å². The van der Waals surface area contributed by atoms with Crippen molar-refractivity contribution in [2.24, 2.45) is 5.41 Å². The molecule has 0 saturated carbocycles. The summed E-state index contributed by atoms with van der Waals surface area (Å²) in [5.74, 6) is -0.546. The lowest BCUT2D eigenvalue weighted by atomic mass is 9.92. The molecule has 0 spiro atoms. The van der Waals surface area contributed by atoms with Crippen LogP contribution in [0.25, 0.3) is 11.4 Å². The van der Waals surface area contributed by atoms with Crippen LogP contribution in [0.3, 0.4) is 0 Å². The molecule has 0 fully saturated rings. The number of carbonyl (C=O) groups is 1. The van der Waals surface area contributed by atoms with Crippen LogP contribution in [0.2, 0.25) is 0 Å². The fraction of sp³-hybridized carbons (Fsp3) is 0.471. The highest BCUT2D eigenvalue weighted by molar-refractivity contribution is 5.82. The van der Waals surface area contributed by atoms with Crippen molar-refractivity contribution in [2.75, 3.05) is 0 Å². The molecule has 124 valence electrons. The fourth-order valence-electron chi connectivity index (χ4n) is 2.07. The maximum Gasteiger partial charge on any atom is 0.336 e. The zero-order chi connectivity index (χ0) is 17.2. The first kappa shape index (κ1) is 17.1. The number of ether oxygens (including phenoxy) is 1. The molecule has 23 heavy (non-hydrogen) atoms. The van der Waals surface area contributed by atoms with Gasteiger partial charge in [-0.3, -0.25) is 4.79 Å². The van der Waals surface area contributed by atoms with Crippen LogP contribution < -0.4 is 4.74 Å². The molecule has 1 aromatic heterocycles. The second kappa shape index (κ2) is 6.48. The maximum atomic E-state index is 14.1. The normalized spacial score (nSPS) is 11.8. The SMILES string of the molecule is CC(C)Oc1nc(-c2ccccc2F)n(C(=O)CC(C)(C)C)n1. The molecule has 0 aliphatic carbocycles. The van der Waals surface area contributed by atoms with Gasteiger partial charge in [0.1, 0.15) is 5.82 Å². The Balaban J connectivity index is 2.49. The number of hydrogen-bond donors (Lipinski definition) is 0. The van der Waals surface area contributed by atoms with E-state index in [1.165, 1.54) is 6.07 Å². The van der Waals surface area contributed by atoms with Gasteiger partial charge in [-0.15, -0.1) is 5.10 Å². The summed E-state index contributed by atoms with van der Waals surface area (Å²) in [6.07, 6.45) is 0.121. The van der Waals surface area contributed by atoms with Crippen LogP contribution in [-0.2, 0) is 0 Å². The molecule has 0 amide bonds. The predicted octanol–water partition coefficient (Wildman–Crippen LogP) is 3.95. The Kier molecular flexibility index (Phi) is 4.82. The van der Waals surface area contributed by atoms with E-state index in [1.54, 1.807) is 18.2 Å². The molecule has 0 aliphatic heterocycles. The molecule has 5 nitrogen and oxygen atoms in total. The Morgan fingerprint density at radius 2 is 1.96 bits per heavy atom. The van der Waals surface area contributed by atoms with Crippen molar-refractivity contribution in [3.05, 3.63) is 30.1 Å². The third kappa shape index (κ3) is 4.37. The van der Waals surface area contributed by atoms with E-state index < -0.39 is 5.82 Å². The van der Waals surface area contributed by atoms with Gasteiger partial charge >= 0.3 is 6.01 Å². The molecule has 0 radical (unpaired) electrons. The van der Waals surface area contributed by atoms with Crippen molar-refractivity contribution in [3.63, 3.8) is 0 Å². The topological polar surface area (TPSA) is 57.0 Å². The number of aromatic nitrogens is 3. The van der Waals surface area contributed by atoms with Gasteiger partial charge in [0, 0.05) is 6.42 Å². The fourth-order valence-corrected chi connectivity index (χ4v) is 2.07. The molecule has 6 heteroatoms. The Labute approximate surface area is 135 Å². The number of rotatable bonds is 4. The monoisotopic (exact) mass is 319 g/mol. The van der Waals surface area contributed by atoms with Gasteiger partial charge in [-0.05, 0) is 31.4 Å². The Morgan fingerprint density at radius 3 is 2.52 bits per heavy atom. The molecule has 0 bridgehead atoms. The van der Waals surface area contributed by atoms with Gasteiger partial charge in [-0.25, -0.2) is 4.39 Å². The summed E-state index contributed by atoms with van der Waals surface area (Å²) in [4.78, 5) is 16.7. The van der Waals surface area contributed by atoms with E-state index in [0.29, 0.717) is 0 Å². The van der Waals surface area contributed by atoms with E-state index in [1.807, 2.05) is 34.6 Å². The smallest absolute Gasteiger partial charge is 0.336 e. The molecule has 0 saturated heterocycles. The first-order valence-electron chi connectivity index (χ1n) is 7.59. The lowest BCUT2D eigenvalue weighted by Crippen LogP contribution is -2.21. The molecule has 2 aromatic rings. The Bertz CT molecular complexity index is 702. The molecule has 1 heterocycles. The third-order valence-corrected chi connectivity index (χ3v) is 2.96. The van der Waals surface area contributed by atoms with E-state index in [-0.39, 0.29) is 41.2 Å². The van der Waals surface area contributed by atoms with Crippen molar-refractivity contribution >= 4 is 5.91 Å². The maximum absolute atomic E-state index is 14.1. The zero-order valence-electron chi connectivity index (χ0n) is 14.1. The number of benzene rings is 1. The van der Waals surface area contributed by atoms with E-state index in [0.717, 1.165) is 4.68 Å². The van der Waals surface area contributed by atoms with Crippen LogP contribution >= 0.6 is 0 Å². The van der Waals surface area contributed by atoms with Crippen LogP contribution in [0.4, 0.5) is 4.39 Å². The summed E-state index contributed by atoms with van der Waals surface area (Å²) in [5.41, 5.74) is 0.00934. The third-order valence-electron chi connectivity index (χ3n) is 2.96. The average molecular weight is 319 g/mol. The number of halogens is 1. The van der Waals surface area contributed by atoms with Crippen LogP contribution in [-0.4, -0.2) is 26.8 Å². The van der Waals surface area contributed by atoms with Gasteiger partial charge in [-0.1, -0.05) is 32.9 Å². The highest BCUT2D eigenvalue weighted by Gasteiger charge is 2.24. The van der Waals surface area contributed by atoms with Crippen LogP contribution in [0.15, 0.2) is 24.3 Å². The van der Waals surface area contributed by atoms with Gasteiger partial charge in [0.2, 0.25) is 5.91 Å². The van der Waals surface area contributed by atoms with Crippen molar-refractivity contribution in [3.8, 4) is 17.4 Å². The quantitative estimate of drug-likeness (QED) is 0.856. The molecule has 0 unspecified atom stereocenters. The minimum absolute atomic E-state index is 0.0699. The van der Waals surface area contributed by atoms with Crippen molar-refractivity contribution < 1.29 is 13.9 Å².